The highest BCUT2D eigenvalue weighted by Crippen LogP contribution is 2.10. The Bertz CT molecular complexity index is 361. The Morgan fingerprint density at radius 1 is 1.53 bits per heavy atom. The van der Waals surface area contributed by atoms with Crippen molar-refractivity contribution < 1.29 is 0 Å². The summed E-state index contributed by atoms with van der Waals surface area (Å²) in [5.41, 5.74) is 17.7. The number of rotatable bonds is 5. The van der Waals surface area contributed by atoms with E-state index in [9.17, 15) is 0 Å². The molecular weight excluding hydrogens is 192 g/mol. The number of H-pyrrole nitrogens is 1. The number of aromatic nitrogens is 2. The lowest BCUT2D eigenvalue weighted by molar-refractivity contribution is 0.813. The lowest BCUT2D eigenvalue weighted by Crippen LogP contribution is -2.23. The van der Waals surface area contributed by atoms with Crippen LogP contribution in [0.25, 0.3) is 6.08 Å². The lowest BCUT2D eigenvalue weighted by atomic mass is 10.2. The van der Waals surface area contributed by atoms with Crippen LogP contribution in [0.1, 0.15) is 17.8 Å². The summed E-state index contributed by atoms with van der Waals surface area (Å²) >= 11 is 0. The quantitative estimate of drug-likeness (QED) is 0.305. The highest BCUT2D eigenvalue weighted by atomic mass is 15.0. The second-order valence-electron chi connectivity index (χ2n) is 3.10. The SMILES string of the molecule is C=Cc1nc(N)[nH]c1CCCN=C(N)N. The van der Waals surface area contributed by atoms with E-state index in [1.807, 2.05) is 0 Å². The molecule has 1 heterocycles. The summed E-state index contributed by atoms with van der Waals surface area (Å²) in [4.78, 5) is 10.9. The fourth-order valence-electron chi connectivity index (χ4n) is 1.27. The number of anilines is 1. The van der Waals surface area contributed by atoms with E-state index in [0.717, 1.165) is 24.2 Å². The molecule has 0 radical (unpaired) electrons. The maximum atomic E-state index is 5.53. The largest absolute Gasteiger partial charge is 0.370 e. The average molecular weight is 208 g/mol. The number of nitrogen functional groups attached to an aromatic ring is 1. The molecule has 6 heteroatoms. The van der Waals surface area contributed by atoms with Crippen molar-refractivity contribution in [3.63, 3.8) is 0 Å². The topological polar surface area (TPSA) is 119 Å². The number of guanidine groups is 1. The molecule has 1 aromatic rings. The molecular formula is C9H16N6. The Balaban J connectivity index is 2.50. The van der Waals surface area contributed by atoms with E-state index in [-0.39, 0.29) is 5.96 Å². The van der Waals surface area contributed by atoms with Gasteiger partial charge in [0.1, 0.15) is 0 Å². The Morgan fingerprint density at radius 3 is 2.87 bits per heavy atom. The molecule has 0 aromatic carbocycles. The summed E-state index contributed by atoms with van der Waals surface area (Å²) in [5, 5.41) is 0. The van der Waals surface area contributed by atoms with Gasteiger partial charge in [-0.25, -0.2) is 4.98 Å². The Kier molecular flexibility index (Phi) is 3.73. The van der Waals surface area contributed by atoms with Gasteiger partial charge >= 0.3 is 0 Å². The monoisotopic (exact) mass is 208 g/mol. The zero-order valence-electron chi connectivity index (χ0n) is 8.53. The molecule has 1 rings (SSSR count). The van der Waals surface area contributed by atoms with Gasteiger partial charge in [-0.15, -0.1) is 0 Å². The van der Waals surface area contributed by atoms with E-state index in [0.29, 0.717) is 12.5 Å². The number of aryl methyl sites for hydroxylation is 1. The number of nitrogens with one attached hydrogen (secondary N) is 1. The summed E-state index contributed by atoms with van der Waals surface area (Å²) in [5.74, 6) is 0.518. The van der Waals surface area contributed by atoms with Gasteiger partial charge in [0.25, 0.3) is 0 Å². The van der Waals surface area contributed by atoms with Gasteiger partial charge in [-0.2, -0.15) is 0 Å². The van der Waals surface area contributed by atoms with Crippen LogP contribution < -0.4 is 17.2 Å². The first-order valence-corrected chi connectivity index (χ1v) is 4.65. The summed E-state index contributed by atoms with van der Waals surface area (Å²) in [7, 11) is 0. The average Bonchev–Trinajstić information content (AvgIpc) is 2.53. The third-order valence-corrected chi connectivity index (χ3v) is 1.90. The first-order chi connectivity index (χ1) is 7.13. The molecule has 15 heavy (non-hydrogen) atoms. The molecule has 0 unspecified atom stereocenters. The van der Waals surface area contributed by atoms with Crippen molar-refractivity contribution >= 4 is 18.0 Å². The van der Waals surface area contributed by atoms with E-state index in [4.69, 9.17) is 17.2 Å². The van der Waals surface area contributed by atoms with Crippen molar-refractivity contribution in [2.75, 3.05) is 12.3 Å². The van der Waals surface area contributed by atoms with Crippen LogP contribution >= 0.6 is 0 Å². The number of nitrogens with two attached hydrogens (primary N) is 3. The molecule has 0 saturated carbocycles. The maximum Gasteiger partial charge on any atom is 0.198 e. The van der Waals surface area contributed by atoms with E-state index < -0.39 is 0 Å². The van der Waals surface area contributed by atoms with Crippen LogP contribution in [0.4, 0.5) is 5.95 Å². The molecule has 7 N–H and O–H groups in total. The summed E-state index contributed by atoms with van der Waals surface area (Å²) in [6.45, 7) is 4.25. The van der Waals surface area contributed by atoms with Crippen molar-refractivity contribution in [2.45, 2.75) is 12.8 Å². The number of aromatic amines is 1. The first-order valence-electron chi connectivity index (χ1n) is 4.65. The molecule has 82 valence electrons. The molecule has 0 bridgehead atoms. The van der Waals surface area contributed by atoms with E-state index in [2.05, 4.69) is 21.5 Å². The van der Waals surface area contributed by atoms with Gasteiger partial charge in [0, 0.05) is 12.2 Å². The summed E-state index contributed by atoms with van der Waals surface area (Å²) < 4.78 is 0. The standard InChI is InChI=1S/C9H16N6/c1-2-6-7(15-9(12)14-6)4-3-5-13-8(10)11/h2H,1,3-5H2,(H4,10,11,13)(H3,12,14,15). The van der Waals surface area contributed by atoms with Gasteiger partial charge in [-0.3, -0.25) is 4.99 Å². The van der Waals surface area contributed by atoms with Crippen molar-refractivity contribution in [2.24, 2.45) is 16.5 Å². The summed E-state index contributed by atoms with van der Waals surface area (Å²) in [6, 6.07) is 0. The fourth-order valence-corrected chi connectivity index (χ4v) is 1.27. The van der Waals surface area contributed by atoms with Crippen LogP contribution in [0.3, 0.4) is 0 Å². The van der Waals surface area contributed by atoms with Crippen LogP contribution in [-0.2, 0) is 6.42 Å². The van der Waals surface area contributed by atoms with E-state index >= 15 is 0 Å². The third-order valence-electron chi connectivity index (χ3n) is 1.90. The van der Waals surface area contributed by atoms with Crippen molar-refractivity contribution in [1.29, 1.82) is 0 Å². The van der Waals surface area contributed by atoms with Crippen molar-refractivity contribution in [3.8, 4) is 0 Å². The minimum Gasteiger partial charge on any atom is -0.370 e. The fraction of sp³-hybridized carbons (Fsp3) is 0.333. The molecule has 0 aliphatic rings. The number of aliphatic imine (C=N–C) groups is 1. The molecule has 1 aromatic heterocycles. The molecule has 6 nitrogen and oxygen atoms in total. The molecule has 0 aliphatic carbocycles. The van der Waals surface area contributed by atoms with E-state index in [1.165, 1.54) is 0 Å². The third kappa shape index (κ3) is 3.34. The smallest absolute Gasteiger partial charge is 0.198 e. The van der Waals surface area contributed by atoms with Crippen LogP contribution in [0.2, 0.25) is 0 Å². The predicted molar refractivity (Wildman–Crippen MR) is 62.1 cm³/mol. The molecule has 0 aliphatic heterocycles. The first kappa shape index (κ1) is 11.1. The van der Waals surface area contributed by atoms with Crippen LogP contribution in [0.5, 0.6) is 0 Å². The van der Waals surface area contributed by atoms with Gasteiger partial charge in [-0.1, -0.05) is 6.58 Å². The number of imidazole rings is 1. The van der Waals surface area contributed by atoms with Crippen LogP contribution in [0, 0.1) is 0 Å². The molecule has 0 spiro atoms. The maximum absolute atomic E-state index is 5.53. The van der Waals surface area contributed by atoms with Gasteiger partial charge in [0.15, 0.2) is 11.9 Å². The number of nitrogens with zero attached hydrogens (tertiary/aromatic N) is 2. The zero-order valence-corrected chi connectivity index (χ0v) is 8.53. The Labute approximate surface area is 88.3 Å². The second kappa shape index (κ2) is 5.04. The molecule has 0 atom stereocenters. The van der Waals surface area contributed by atoms with Gasteiger partial charge in [0.05, 0.1) is 5.69 Å². The minimum absolute atomic E-state index is 0.114. The molecule has 0 saturated heterocycles. The highest BCUT2D eigenvalue weighted by molar-refractivity contribution is 5.75. The molecule has 0 fully saturated rings. The highest BCUT2D eigenvalue weighted by Gasteiger charge is 2.04. The second-order valence-corrected chi connectivity index (χ2v) is 3.10. The Hall–Kier alpha value is -1.98. The van der Waals surface area contributed by atoms with Crippen molar-refractivity contribution in [3.05, 3.63) is 18.0 Å². The van der Waals surface area contributed by atoms with Gasteiger partial charge in [0.2, 0.25) is 0 Å². The number of hydrogen-bond donors (Lipinski definition) is 4. The van der Waals surface area contributed by atoms with Crippen LogP contribution in [0.15, 0.2) is 11.6 Å². The zero-order chi connectivity index (χ0) is 11.3. The van der Waals surface area contributed by atoms with Gasteiger partial charge < -0.3 is 22.2 Å². The Morgan fingerprint density at radius 2 is 2.27 bits per heavy atom. The number of hydrogen-bond acceptors (Lipinski definition) is 3. The van der Waals surface area contributed by atoms with Crippen LogP contribution in [-0.4, -0.2) is 22.5 Å². The minimum atomic E-state index is 0.114. The normalized spacial score (nSPS) is 9.87. The molecule has 0 amide bonds. The summed E-state index contributed by atoms with van der Waals surface area (Å²) in [6.07, 6.45) is 3.30. The van der Waals surface area contributed by atoms with Crippen molar-refractivity contribution in [1.82, 2.24) is 9.97 Å². The van der Waals surface area contributed by atoms with E-state index in [1.54, 1.807) is 6.08 Å². The predicted octanol–water partition coefficient (Wildman–Crippen LogP) is -0.159. The lowest BCUT2D eigenvalue weighted by Gasteiger charge is -1.97. The van der Waals surface area contributed by atoms with Gasteiger partial charge in [-0.05, 0) is 18.9 Å².